The van der Waals surface area contributed by atoms with Crippen LogP contribution in [0.4, 0.5) is 11.4 Å². The van der Waals surface area contributed by atoms with Gasteiger partial charge in [-0.15, -0.1) is 0 Å². The van der Waals surface area contributed by atoms with Gasteiger partial charge in [-0.05, 0) is 81.0 Å². The van der Waals surface area contributed by atoms with Crippen molar-refractivity contribution in [3.05, 3.63) is 82.9 Å². The number of halogens is 1. The lowest BCUT2D eigenvalue weighted by molar-refractivity contribution is -0.130. The van der Waals surface area contributed by atoms with Crippen molar-refractivity contribution in [2.45, 2.75) is 32.5 Å². The van der Waals surface area contributed by atoms with Crippen LogP contribution in [0.1, 0.15) is 31.0 Å². The van der Waals surface area contributed by atoms with Gasteiger partial charge in [-0.3, -0.25) is 9.69 Å². The van der Waals surface area contributed by atoms with Crippen LogP contribution in [0.25, 0.3) is 0 Å². The molecule has 0 radical (unpaired) electrons. The summed E-state index contributed by atoms with van der Waals surface area (Å²) in [5.41, 5.74) is 2.27. The molecule has 1 saturated heterocycles. The van der Waals surface area contributed by atoms with Gasteiger partial charge in [0.2, 0.25) is 5.91 Å². The number of hydrogen-bond acceptors (Lipinski definition) is 4. The fourth-order valence-corrected chi connectivity index (χ4v) is 5.49. The van der Waals surface area contributed by atoms with E-state index in [1.165, 1.54) is 0 Å². The van der Waals surface area contributed by atoms with Gasteiger partial charge in [0.1, 0.15) is 5.92 Å². The fraction of sp³-hybridized carbons (Fsp3) is 0.259. The number of para-hydroxylation sites is 1. The number of benzene rings is 3. The summed E-state index contributed by atoms with van der Waals surface area (Å²) in [4.78, 5) is 15.8. The maximum absolute atomic E-state index is 13.9. The Hall–Kier alpha value is -3.29. The minimum Gasteiger partial charge on any atom is -0.490 e. The zero-order valence-corrected chi connectivity index (χ0v) is 21.2. The predicted molar refractivity (Wildman–Crippen MR) is 142 cm³/mol. The van der Waals surface area contributed by atoms with Crippen LogP contribution in [0.15, 0.2) is 66.7 Å². The molecule has 2 aliphatic rings. The zero-order valence-electron chi connectivity index (χ0n) is 19.7. The molecule has 3 aromatic rings. The van der Waals surface area contributed by atoms with E-state index < -0.39 is 17.7 Å². The number of fused-ring (bicyclic) bond motifs is 4. The lowest BCUT2D eigenvalue weighted by atomic mass is 9.78. The van der Waals surface area contributed by atoms with Crippen molar-refractivity contribution in [1.82, 2.24) is 5.32 Å². The molecule has 180 valence electrons. The molecule has 3 aromatic carbocycles. The smallest absolute Gasteiger partial charge is 0.236 e. The second-order valence-electron chi connectivity index (χ2n) is 8.84. The molecule has 0 aliphatic carbocycles. The summed E-state index contributed by atoms with van der Waals surface area (Å²) in [6.45, 7) is 6.35. The monoisotopic (exact) mass is 507 g/mol. The molecule has 0 unspecified atom stereocenters. The Labute approximate surface area is 215 Å². The standard InChI is InChI=1S/C27H26ClN3O3S/c1-4-33-21-10-6-9-20-23-22(25(32)29-18-13-11-17(28)12-14-18)27(3,34-24(20)21)31(26(35)30-23)19-8-5-7-16(2)15-19/h5-15,22-23H,4H2,1-3H3,(H,29,32)(H,30,35)/t22-,23-,27-/m0/s1. The maximum atomic E-state index is 13.9. The number of carbonyl (C=O) groups excluding carboxylic acids is 1. The summed E-state index contributed by atoms with van der Waals surface area (Å²) in [7, 11) is 0. The summed E-state index contributed by atoms with van der Waals surface area (Å²) in [6, 6.07) is 20.3. The first kappa shape index (κ1) is 23.5. The molecule has 5 rings (SSSR count). The van der Waals surface area contributed by atoms with E-state index in [4.69, 9.17) is 33.3 Å². The third-order valence-electron chi connectivity index (χ3n) is 6.44. The number of hydrogen-bond donors (Lipinski definition) is 2. The van der Waals surface area contributed by atoms with Gasteiger partial charge in [0.05, 0.1) is 12.6 Å². The molecule has 2 bridgehead atoms. The van der Waals surface area contributed by atoms with E-state index in [2.05, 4.69) is 10.6 Å². The average molecular weight is 508 g/mol. The van der Waals surface area contributed by atoms with Crippen LogP contribution in [0.2, 0.25) is 5.02 Å². The van der Waals surface area contributed by atoms with Crippen LogP contribution in [0, 0.1) is 12.8 Å². The Bertz CT molecular complexity index is 1300. The molecule has 35 heavy (non-hydrogen) atoms. The number of anilines is 2. The molecule has 2 N–H and O–H groups in total. The van der Waals surface area contributed by atoms with Gasteiger partial charge in [-0.25, -0.2) is 0 Å². The zero-order chi connectivity index (χ0) is 24.7. The first-order valence-corrected chi connectivity index (χ1v) is 12.3. The second kappa shape index (κ2) is 9.06. The van der Waals surface area contributed by atoms with Crippen LogP contribution < -0.4 is 25.0 Å². The van der Waals surface area contributed by atoms with Crippen LogP contribution >= 0.6 is 23.8 Å². The van der Waals surface area contributed by atoms with Crippen LogP contribution in [0.5, 0.6) is 11.5 Å². The van der Waals surface area contributed by atoms with E-state index >= 15 is 0 Å². The van der Waals surface area contributed by atoms with E-state index in [1.807, 2.05) is 68.1 Å². The first-order valence-electron chi connectivity index (χ1n) is 11.5. The SMILES string of the molecule is CCOc1cccc2c1O[C@@]1(C)[C@H](C(=O)Nc3ccc(Cl)cc3)[C@H]2NC(=S)N1c1cccc(C)c1. The lowest BCUT2D eigenvalue weighted by Crippen LogP contribution is -2.72. The highest BCUT2D eigenvalue weighted by Gasteiger charge is 2.59. The van der Waals surface area contributed by atoms with E-state index in [0.717, 1.165) is 16.8 Å². The van der Waals surface area contributed by atoms with Crippen molar-refractivity contribution >= 4 is 46.2 Å². The number of thiocarbonyl (C=S) groups is 1. The van der Waals surface area contributed by atoms with Crippen molar-refractivity contribution in [2.75, 3.05) is 16.8 Å². The highest BCUT2D eigenvalue weighted by atomic mass is 35.5. The topological polar surface area (TPSA) is 62.8 Å². The molecule has 0 saturated carbocycles. The minimum atomic E-state index is -1.13. The highest BCUT2D eigenvalue weighted by molar-refractivity contribution is 7.80. The van der Waals surface area contributed by atoms with Crippen molar-refractivity contribution in [1.29, 1.82) is 0 Å². The van der Waals surface area contributed by atoms with E-state index in [9.17, 15) is 4.79 Å². The van der Waals surface area contributed by atoms with Crippen molar-refractivity contribution in [2.24, 2.45) is 5.92 Å². The molecule has 0 aromatic heterocycles. The molecule has 1 amide bonds. The average Bonchev–Trinajstić information content (AvgIpc) is 2.81. The van der Waals surface area contributed by atoms with E-state index in [0.29, 0.717) is 33.9 Å². The third kappa shape index (κ3) is 4.09. The van der Waals surface area contributed by atoms with Crippen molar-refractivity contribution < 1.29 is 14.3 Å². The van der Waals surface area contributed by atoms with Gasteiger partial charge in [-0.1, -0.05) is 35.9 Å². The van der Waals surface area contributed by atoms with Crippen LogP contribution in [-0.2, 0) is 4.79 Å². The lowest BCUT2D eigenvalue weighted by Gasteiger charge is -2.56. The van der Waals surface area contributed by atoms with Crippen molar-refractivity contribution in [3.63, 3.8) is 0 Å². The molecule has 2 heterocycles. The van der Waals surface area contributed by atoms with E-state index in [-0.39, 0.29) is 5.91 Å². The normalized spacial score (nSPS) is 22.5. The molecule has 1 fully saturated rings. The summed E-state index contributed by atoms with van der Waals surface area (Å²) in [6.07, 6.45) is 0. The minimum absolute atomic E-state index is 0.195. The number of ether oxygens (including phenoxy) is 2. The Morgan fingerprint density at radius 2 is 1.94 bits per heavy atom. The molecule has 0 spiro atoms. The largest absolute Gasteiger partial charge is 0.490 e. The molecular formula is C27H26ClN3O3S. The Morgan fingerprint density at radius 3 is 2.66 bits per heavy atom. The highest BCUT2D eigenvalue weighted by Crippen LogP contribution is 2.52. The number of rotatable bonds is 5. The maximum Gasteiger partial charge on any atom is 0.236 e. The number of nitrogens with one attached hydrogen (secondary N) is 2. The quantitative estimate of drug-likeness (QED) is 0.423. The Morgan fingerprint density at radius 1 is 1.20 bits per heavy atom. The predicted octanol–water partition coefficient (Wildman–Crippen LogP) is 5.85. The van der Waals surface area contributed by atoms with E-state index in [1.54, 1.807) is 24.3 Å². The second-order valence-corrected chi connectivity index (χ2v) is 9.66. The number of aryl methyl sites for hydroxylation is 1. The summed E-state index contributed by atoms with van der Waals surface area (Å²) in [5, 5.41) is 7.57. The van der Waals surface area contributed by atoms with Crippen molar-refractivity contribution in [3.8, 4) is 11.5 Å². The summed E-state index contributed by atoms with van der Waals surface area (Å²) < 4.78 is 12.6. The van der Waals surface area contributed by atoms with Gasteiger partial charge >= 0.3 is 0 Å². The van der Waals surface area contributed by atoms with Crippen LogP contribution in [0.3, 0.4) is 0 Å². The molecule has 6 nitrogen and oxygen atoms in total. The van der Waals surface area contributed by atoms with Gasteiger partial charge in [0, 0.05) is 22.0 Å². The summed E-state index contributed by atoms with van der Waals surface area (Å²) in [5.74, 6) is 0.413. The van der Waals surface area contributed by atoms with Gasteiger partial charge < -0.3 is 20.1 Å². The Kier molecular flexibility index (Phi) is 6.07. The Balaban J connectivity index is 1.64. The third-order valence-corrected chi connectivity index (χ3v) is 7.00. The number of amides is 1. The molecular weight excluding hydrogens is 482 g/mol. The number of nitrogens with zero attached hydrogens (tertiary/aromatic N) is 1. The van der Waals surface area contributed by atoms with Gasteiger partial charge in [0.15, 0.2) is 22.3 Å². The number of carbonyl (C=O) groups is 1. The fourth-order valence-electron chi connectivity index (χ4n) is 4.95. The molecule has 3 atom stereocenters. The first-order chi connectivity index (χ1) is 16.8. The van der Waals surface area contributed by atoms with Gasteiger partial charge in [0.25, 0.3) is 0 Å². The van der Waals surface area contributed by atoms with Gasteiger partial charge in [-0.2, -0.15) is 0 Å². The molecule has 8 heteroatoms. The molecule has 2 aliphatic heterocycles. The van der Waals surface area contributed by atoms with Crippen LogP contribution in [-0.4, -0.2) is 23.4 Å². The summed E-state index contributed by atoms with van der Waals surface area (Å²) >= 11 is 11.9.